The van der Waals surface area contributed by atoms with E-state index in [0.717, 1.165) is 43.5 Å². The van der Waals surface area contributed by atoms with Gasteiger partial charge in [-0.25, -0.2) is 19.9 Å². The van der Waals surface area contributed by atoms with Crippen molar-refractivity contribution in [2.45, 2.75) is 0 Å². The van der Waals surface area contributed by atoms with Crippen molar-refractivity contribution in [3.05, 3.63) is 24.7 Å². The van der Waals surface area contributed by atoms with Gasteiger partial charge >= 0.3 is 0 Å². The van der Waals surface area contributed by atoms with Crippen molar-refractivity contribution >= 4 is 11.9 Å². The lowest BCUT2D eigenvalue weighted by Gasteiger charge is -2.54. The standard InChI is InChI=1S/C13H14N6O/c14-11-16-3-9(4-17-11)10-1-2-15-12(18-10)19-5-13(6-19)7-20-8-13/h1-4H,5-8H2,(H2,14,16,17). The Balaban J connectivity index is 1.57. The van der Waals surface area contributed by atoms with Crippen LogP contribution in [0.5, 0.6) is 0 Å². The first-order chi connectivity index (χ1) is 9.74. The summed E-state index contributed by atoms with van der Waals surface area (Å²) in [7, 11) is 0. The number of hydrogen-bond donors (Lipinski definition) is 1. The van der Waals surface area contributed by atoms with Crippen molar-refractivity contribution < 1.29 is 4.74 Å². The molecule has 0 amide bonds. The molecule has 0 saturated carbocycles. The zero-order valence-electron chi connectivity index (χ0n) is 10.9. The molecule has 2 aromatic rings. The molecular formula is C13H14N6O. The Bertz CT molecular complexity index is 632. The molecular weight excluding hydrogens is 256 g/mol. The van der Waals surface area contributed by atoms with Crippen LogP contribution in [0.4, 0.5) is 11.9 Å². The highest BCUT2D eigenvalue weighted by atomic mass is 16.5. The number of anilines is 2. The average Bonchev–Trinajstić information content (AvgIpc) is 2.37. The third kappa shape index (κ3) is 1.78. The minimum absolute atomic E-state index is 0.262. The molecule has 0 bridgehead atoms. The first-order valence-electron chi connectivity index (χ1n) is 6.48. The maximum atomic E-state index is 5.49. The monoisotopic (exact) mass is 270 g/mol. The second kappa shape index (κ2) is 4.11. The van der Waals surface area contributed by atoms with E-state index in [1.165, 1.54) is 0 Å². The van der Waals surface area contributed by atoms with Crippen LogP contribution in [0.15, 0.2) is 24.7 Å². The normalized spacial score (nSPS) is 19.5. The van der Waals surface area contributed by atoms with Gasteiger partial charge in [0.2, 0.25) is 11.9 Å². The summed E-state index contributed by atoms with van der Waals surface area (Å²) in [6, 6.07) is 1.85. The van der Waals surface area contributed by atoms with E-state index in [1.54, 1.807) is 18.6 Å². The topological polar surface area (TPSA) is 90.0 Å². The zero-order valence-corrected chi connectivity index (χ0v) is 10.9. The lowest BCUT2D eigenvalue weighted by Crippen LogP contribution is -2.66. The SMILES string of the molecule is Nc1ncc(-c2ccnc(N3CC4(COC4)C3)n2)cn1. The van der Waals surface area contributed by atoms with E-state index in [1.807, 2.05) is 6.07 Å². The Kier molecular flexibility index (Phi) is 2.37. The Morgan fingerprint density at radius 2 is 1.90 bits per heavy atom. The number of nitrogens with zero attached hydrogens (tertiary/aromatic N) is 5. The highest BCUT2D eigenvalue weighted by Crippen LogP contribution is 2.39. The molecule has 102 valence electrons. The highest BCUT2D eigenvalue weighted by molar-refractivity contribution is 5.58. The van der Waals surface area contributed by atoms with Gasteiger partial charge in [0.05, 0.1) is 24.3 Å². The summed E-state index contributed by atoms with van der Waals surface area (Å²) >= 11 is 0. The molecule has 2 fully saturated rings. The second-order valence-electron chi connectivity index (χ2n) is 5.42. The molecule has 4 rings (SSSR count). The van der Waals surface area contributed by atoms with Crippen LogP contribution in [0.2, 0.25) is 0 Å². The Labute approximate surface area is 115 Å². The summed E-state index contributed by atoms with van der Waals surface area (Å²) in [5.74, 6) is 1.01. The number of aromatic nitrogens is 4. The van der Waals surface area contributed by atoms with Crippen LogP contribution in [-0.4, -0.2) is 46.2 Å². The fraction of sp³-hybridized carbons (Fsp3) is 0.385. The van der Waals surface area contributed by atoms with Crippen LogP contribution in [0.25, 0.3) is 11.3 Å². The Morgan fingerprint density at radius 1 is 1.15 bits per heavy atom. The Morgan fingerprint density at radius 3 is 2.55 bits per heavy atom. The summed E-state index contributed by atoms with van der Waals surface area (Å²) in [5.41, 5.74) is 7.49. The number of rotatable bonds is 2. The molecule has 0 radical (unpaired) electrons. The van der Waals surface area contributed by atoms with E-state index >= 15 is 0 Å². The van der Waals surface area contributed by atoms with Crippen molar-refractivity contribution in [2.24, 2.45) is 5.41 Å². The molecule has 0 aromatic carbocycles. The van der Waals surface area contributed by atoms with Gasteiger partial charge < -0.3 is 15.4 Å². The molecule has 2 saturated heterocycles. The lowest BCUT2D eigenvalue weighted by atomic mass is 9.78. The van der Waals surface area contributed by atoms with Crippen LogP contribution < -0.4 is 10.6 Å². The van der Waals surface area contributed by atoms with Gasteiger partial charge in [0.1, 0.15) is 0 Å². The van der Waals surface area contributed by atoms with E-state index in [9.17, 15) is 0 Å². The highest BCUT2D eigenvalue weighted by Gasteiger charge is 2.49. The maximum absolute atomic E-state index is 5.49. The van der Waals surface area contributed by atoms with Crippen molar-refractivity contribution in [3.63, 3.8) is 0 Å². The second-order valence-corrected chi connectivity index (χ2v) is 5.42. The van der Waals surface area contributed by atoms with Crippen molar-refractivity contribution in [1.82, 2.24) is 19.9 Å². The van der Waals surface area contributed by atoms with E-state index in [0.29, 0.717) is 5.41 Å². The fourth-order valence-corrected chi connectivity index (χ4v) is 2.61. The summed E-state index contributed by atoms with van der Waals surface area (Å²) in [5, 5.41) is 0. The average molecular weight is 270 g/mol. The van der Waals surface area contributed by atoms with Gasteiger partial charge in [0.15, 0.2) is 0 Å². The summed E-state index contributed by atoms with van der Waals surface area (Å²) in [4.78, 5) is 19.1. The van der Waals surface area contributed by atoms with E-state index < -0.39 is 0 Å². The molecule has 20 heavy (non-hydrogen) atoms. The molecule has 1 spiro atoms. The smallest absolute Gasteiger partial charge is 0.225 e. The molecule has 0 atom stereocenters. The molecule has 7 heteroatoms. The molecule has 7 nitrogen and oxygen atoms in total. The third-order valence-electron chi connectivity index (χ3n) is 3.76. The van der Waals surface area contributed by atoms with Crippen molar-refractivity contribution in [2.75, 3.05) is 36.9 Å². The number of nitrogen functional groups attached to an aromatic ring is 1. The summed E-state index contributed by atoms with van der Waals surface area (Å²) in [6.07, 6.45) is 5.11. The first-order valence-corrected chi connectivity index (χ1v) is 6.48. The molecule has 0 unspecified atom stereocenters. The molecule has 0 aliphatic carbocycles. The van der Waals surface area contributed by atoms with E-state index in [4.69, 9.17) is 10.5 Å². The quantitative estimate of drug-likeness (QED) is 0.842. The minimum Gasteiger partial charge on any atom is -0.380 e. The van der Waals surface area contributed by atoms with E-state index in [2.05, 4.69) is 24.8 Å². The van der Waals surface area contributed by atoms with Gasteiger partial charge in [-0.1, -0.05) is 0 Å². The van der Waals surface area contributed by atoms with Crippen LogP contribution in [0.1, 0.15) is 0 Å². The molecule has 2 aliphatic rings. The van der Waals surface area contributed by atoms with Gasteiger partial charge in [-0.05, 0) is 6.07 Å². The zero-order chi connectivity index (χ0) is 13.6. The lowest BCUT2D eigenvalue weighted by molar-refractivity contribution is -0.127. The van der Waals surface area contributed by atoms with Crippen LogP contribution in [-0.2, 0) is 4.74 Å². The van der Waals surface area contributed by atoms with Gasteiger partial charge in [0, 0.05) is 37.2 Å². The van der Waals surface area contributed by atoms with Crippen molar-refractivity contribution in [3.8, 4) is 11.3 Å². The molecule has 4 heterocycles. The predicted octanol–water partition coefficient (Wildman–Crippen LogP) is 0.352. The molecule has 2 aliphatic heterocycles. The summed E-state index contributed by atoms with van der Waals surface area (Å²) in [6.45, 7) is 3.65. The van der Waals surface area contributed by atoms with Gasteiger partial charge in [0.25, 0.3) is 0 Å². The maximum Gasteiger partial charge on any atom is 0.225 e. The third-order valence-corrected chi connectivity index (χ3v) is 3.76. The van der Waals surface area contributed by atoms with E-state index in [-0.39, 0.29) is 5.95 Å². The van der Waals surface area contributed by atoms with Crippen LogP contribution >= 0.6 is 0 Å². The van der Waals surface area contributed by atoms with Gasteiger partial charge in [-0.15, -0.1) is 0 Å². The molecule has 2 aromatic heterocycles. The fourth-order valence-electron chi connectivity index (χ4n) is 2.61. The Hall–Kier alpha value is -2.28. The van der Waals surface area contributed by atoms with Crippen molar-refractivity contribution in [1.29, 1.82) is 0 Å². The predicted molar refractivity (Wildman–Crippen MR) is 72.9 cm³/mol. The number of ether oxygens (including phenoxy) is 1. The van der Waals surface area contributed by atoms with Crippen LogP contribution in [0.3, 0.4) is 0 Å². The summed E-state index contributed by atoms with van der Waals surface area (Å²) < 4.78 is 5.27. The molecule has 2 N–H and O–H groups in total. The minimum atomic E-state index is 0.262. The van der Waals surface area contributed by atoms with Gasteiger partial charge in [-0.2, -0.15) is 0 Å². The van der Waals surface area contributed by atoms with Gasteiger partial charge in [-0.3, -0.25) is 0 Å². The number of hydrogen-bond acceptors (Lipinski definition) is 7. The number of nitrogens with two attached hydrogens (primary N) is 1. The largest absolute Gasteiger partial charge is 0.380 e. The van der Waals surface area contributed by atoms with Crippen LogP contribution in [0, 0.1) is 5.41 Å². The first kappa shape index (κ1) is 11.5.